The topological polar surface area (TPSA) is 92.8 Å². The van der Waals surface area contributed by atoms with E-state index in [0.717, 1.165) is 6.42 Å². The van der Waals surface area contributed by atoms with E-state index in [2.05, 4.69) is 19.2 Å². The molecule has 7 nitrogen and oxygen atoms in total. The van der Waals surface area contributed by atoms with Gasteiger partial charge < -0.3 is 15.0 Å². The van der Waals surface area contributed by atoms with Gasteiger partial charge in [-0.05, 0) is 12.8 Å². The molecule has 3 fully saturated rings. The van der Waals surface area contributed by atoms with Crippen LogP contribution in [0.15, 0.2) is 0 Å². The van der Waals surface area contributed by atoms with Gasteiger partial charge in [0.05, 0.1) is 23.5 Å². The quantitative estimate of drug-likeness (QED) is 0.761. The van der Waals surface area contributed by atoms with Crippen LogP contribution >= 0.6 is 0 Å². The summed E-state index contributed by atoms with van der Waals surface area (Å²) in [7, 11) is -1.37. The molecular weight excluding hydrogens is 332 g/mol. The molecule has 24 heavy (non-hydrogen) atoms. The minimum Gasteiger partial charge on any atom is -0.381 e. The van der Waals surface area contributed by atoms with Crippen molar-refractivity contribution in [3.05, 3.63) is 0 Å². The summed E-state index contributed by atoms with van der Waals surface area (Å²) >= 11 is 0. The number of methoxy groups -OCH3 is 1. The van der Waals surface area contributed by atoms with Crippen molar-refractivity contribution in [3.63, 3.8) is 0 Å². The highest BCUT2D eigenvalue weighted by Crippen LogP contribution is 2.42. The number of hydrogen-bond donors (Lipinski definition) is 1. The third-order valence-corrected chi connectivity index (χ3v) is 7.71. The van der Waals surface area contributed by atoms with Crippen LogP contribution in [0.5, 0.6) is 0 Å². The van der Waals surface area contributed by atoms with Crippen LogP contribution in [0.2, 0.25) is 0 Å². The van der Waals surface area contributed by atoms with Gasteiger partial charge in [0.1, 0.15) is 0 Å². The van der Waals surface area contributed by atoms with Gasteiger partial charge in [0, 0.05) is 37.6 Å². The van der Waals surface area contributed by atoms with Gasteiger partial charge in [-0.25, -0.2) is 8.42 Å². The minimum atomic E-state index is -3.04. The molecule has 1 saturated carbocycles. The van der Waals surface area contributed by atoms with Crippen molar-refractivity contribution in [2.45, 2.75) is 51.3 Å². The van der Waals surface area contributed by atoms with Crippen LogP contribution in [-0.4, -0.2) is 68.5 Å². The zero-order valence-corrected chi connectivity index (χ0v) is 15.3. The van der Waals surface area contributed by atoms with Crippen LogP contribution in [-0.2, 0) is 24.2 Å². The summed E-state index contributed by atoms with van der Waals surface area (Å²) in [5.41, 5.74) is -0.119. The van der Waals surface area contributed by atoms with E-state index >= 15 is 0 Å². The van der Waals surface area contributed by atoms with Crippen molar-refractivity contribution in [2.75, 3.05) is 25.2 Å². The Kier molecular flexibility index (Phi) is 4.40. The SMILES string of the molecule is COC1CC(NC(=O)C2CC(=O)N(C3CCS(=O)(=O)C3)C2)C1(C)C. The molecule has 4 unspecified atom stereocenters. The summed E-state index contributed by atoms with van der Waals surface area (Å²) in [6, 6.07) is -0.218. The molecule has 0 spiro atoms. The van der Waals surface area contributed by atoms with E-state index in [0.29, 0.717) is 13.0 Å². The molecule has 3 rings (SSSR count). The summed E-state index contributed by atoms with van der Waals surface area (Å²) in [4.78, 5) is 26.3. The van der Waals surface area contributed by atoms with Gasteiger partial charge >= 0.3 is 0 Å². The maximum absolute atomic E-state index is 12.5. The Bertz CT molecular complexity index is 645. The van der Waals surface area contributed by atoms with E-state index < -0.39 is 15.8 Å². The minimum absolute atomic E-state index is 0.0260. The molecular formula is C16H26N2O5S. The lowest BCUT2D eigenvalue weighted by atomic mass is 9.64. The van der Waals surface area contributed by atoms with E-state index in [1.807, 2.05) is 0 Å². The Morgan fingerprint density at radius 2 is 2.08 bits per heavy atom. The van der Waals surface area contributed by atoms with Crippen LogP contribution in [0.4, 0.5) is 0 Å². The van der Waals surface area contributed by atoms with Crippen molar-refractivity contribution >= 4 is 21.7 Å². The van der Waals surface area contributed by atoms with Gasteiger partial charge in [0.25, 0.3) is 0 Å². The molecule has 2 aliphatic heterocycles. The first-order valence-electron chi connectivity index (χ1n) is 8.47. The van der Waals surface area contributed by atoms with E-state index in [-0.39, 0.29) is 53.3 Å². The van der Waals surface area contributed by atoms with Gasteiger partial charge in [-0.15, -0.1) is 0 Å². The summed E-state index contributed by atoms with van der Waals surface area (Å²) in [6.07, 6.45) is 1.56. The zero-order chi connectivity index (χ0) is 17.7. The van der Waals surface area contributed by atoms with Gasteiger partial charge in [-0.2, -0.15) is 0 Å². The molecule has 3 aliphatic rings. The van der Waals surface area contributed by atoms with Crippen molar-refractivity contribution in [2.24, 2.45) is 11.3 Å². The lowest BCUT2D eigenvalue weighted by Gasteiger charge is -2.51. The summed E-state index contributed by atoms with van der Waals surface area (Å²) in [6.45, 7) is 4.45. The highest BCUT2D eigenvalue weighted by Gasteiger charge is 2.50. The van der Waals surface area contributed by atoms with Gasteiger partial charge in [-0.1, -0.05) is 13.8 Å². The number of carbonyl (C=O) groups is 2. The summed E-state index contributed by atoms with van der Waals surface area (Å²) in [5, 5.41) is 3.04. The standard InChI is InChI=1S/C16H26N2O5S/c1-16(2)12(7-13(16)23-3)17-15(20)10-6-14(19)18(8-10)11-4-5-24(21,22)9-11/h10-13H,4-9H2,1-3H3,(H,17,20). The number of nitrogens with zero attached hydrogens (tertiary/aromatic N) is 1. The van der Waals surface area contributed by atoms with Crippen LogP contribution in [0, 0.1) is 11.3 Å². The predicted octanol–water partition coefficient (Wildman–Crippen LogP) is -0.0483. The lowest BCUT2D eigenvalue weighted by Crippen LogP contribution is -2.62. The van der Waals surface area contributed by atoms with Crippen molar-refractivity contribution in [1.29, 1.82) is 0 Å². The first-order chi connectivity index (χ1) is 11.1. The van der Waals surface area contributed by atoms with Crippen LogP contribution in [0.1, 0.15) is 33.1 Å². The zero-order valence-electron chi connectivity index (χ0n) is 14.4. The van der Waals surface area contributed by atoms with Crippen molar-refractivity contribution < 1.29 is 22.7 Å². The predicted molar refractivity (Wildman–Crippen MR) is 88.0 cm³/mol. The third kappa shape index (κ3) is 3.06. The van der Waals surface area contributed by atoms with Crippen LogP contribution in [0.25, 0.3) is 0 Å². The van der Waals surface area contributed by atoms with Crippen LogP contribution < -0.4 is 5.32 Å². The molecule has 0 radical (unpaired) electrons. The Hall–Kier alpha value is -1.15. The number of nitrogens with one attached hydrogen (secondary N) is 1. The average Bonchev–Trinajstić information content (AvgIpc) is 3.05. The Morgan fingerprint density at radius 3 is 2.62 bits per heavy atom. The number of carbonyl (C=O) groups excluding carboxylic acids is 2. The Labute approximate surface area is 143 Å². The monoisotopic (exact) mass is 358 g/mol. The molecule has 1 N–H and O–H groups in total. The maximum Gasteiger partial charge on any atom is 0.225 e. The first-order valence-corrected chi connectivity index (χ1v) is 10.3. The fraction of sp³-hybridized carbons (Fsp3) is 0.875. The second-order valence-corrected chi connectivity index (χ2v) is 10.1. The summed E-state index contributed by atoms with van der Waals surface area (Å²) < 4.78 is 28.6. The molecule has 4 atom stereocenters. The van der Waals surface area contributed by atoms with Gasteiger partial charge in [0.2, 0.25) is 11.8 Å². The number of amides is 2. The van der Waals surface area contributed by atoms with E-state index in [1.165, 1.54) is 0 Å². The fourth-order valence-electron chi connectivity index (χ4n) is 4.10. The third-order valence-electron chi connectivity index (χ3n) is 5.96. The highest BCUT2D eigenvalue weighted by atomic mass is 32.2. The van der Waals surface area contributed by atoms with Crippen molar-refractivity contribution in [1.82, 2.24) is 10.2 Å². The molecule has 2 heterocycles. The smallest absolute Gasteiger partial charge is 0.225 e. The van der Waals surface area contributed by atoms with E-state index in [4.69, 9.17) is 4.74 Å². The molecule has 0 aromatic heterocycles. The molecule has 2 saturated heterocycles. The summed E-state index contributed by atoms with van der Waals surface area (Å²) in [5.74, 6) is -0.456. The number of likely N-dealkylation sites (tertiary alicyclic amines) is 1. The van der Waals surface area contributed by atoms with Crippen LogP contribution in [0.3, 0.4) is 0 Å². The normalized spacial score (nSPS) is 37.3. The molecule has 8 heteroatoms. The second kappa shape index (κ2) is 5.98. The molecule has 2 amide bonds. The molecule has 0 bridgehead atoms. The molecule has 0 aromatic rings. The lowest BCUT2D eigenvalue weighted by molar-refractivity contribution is -0.136. The fourth-order valence-corrected chi connectivity index (χ4v) is 5.83. The Morgan fingerprint density at radius 1 is 1.38 bits per heavy atom. The number of sulfone groups is 1. The molecule has 1 aliphatic carbocycles. The highest BCUT2D eigenvalue weighted by molar-refractivity contribution is 7.91. The number of hydrogen-bond acceptors (Lipinski definition) is 5. The largest absolute Gasteiger partial charge is 0.381 e. The maximum atomic E-state index is 12.5. The van der Waals surface area contributed by atoms with Gasteiger partial charge in [0.15, 0.2) is 9.84 Å². The molecule has 0 aromatic carbocycles. The van der Waals surface area contributed by atoms with Gasteiger partial charge in [-0.3, -0.25) is 9.59 Å². The second-order valence-electron chi connectivity index (χ2n) is 7.85. The van der Waals surface area contributed by atoms with E-state index in [9.17, 15) is 18.0 Å². The Balaban J connectivity index is 1.57. The number of ether oxygens (including phenoxy) is 1. The first kappa shape index (κ1) is 17.7. The van der Waals surface area contributed by atoms with E-state index in [1.54, 1.807) is 12.0 Å². The molecule has 136 valence electrons. The average molecular weight is 358 g/mol. The van der Waals surface area contributed by atoms with Crippen molar-refractivity contribution in [3.8, 4) is 0 Å². The number of rotatable bonds is 4.